The number of ether oxygens (including phenoxy) is 1. The molecule has 2 aliphatic heterocycles. The van der Waals surface area contributed by atoms with Crippen molar-refractivity contribution in [2.24, 2.45) is 5.73 Å². The summed E-state index contributed by atoms with van der Waals surface area (Å²) in [7, 11) is 0. The zero-order valence-electron chi connectivity index (χ0n) is 23.6. The molecule has 0 saturated carbocycles. The summed E-state index contributed by atoms with van der Waals surface area (Å²) in [4.78, 5) is 20.9. The van der Waals surface area contributed by atoms with Crippen molar-refractivity contribution in [3.05, 3.63) is 82.9 Å². The fraction of sp³-hybridized carbons (Fsp3) is 0.406. The molecule has 6 nitrogen and oxygen atoms in total. The predicted octanol–water partition coefficient (Wildman–Crippen LogP) is 5.92. The second-order valence-electron chi connectivity index (χ2n) is 9.92. The third kappa shape index (κ3) is 4.45. The van der Waals surface area contributed by atoms with Gasteiger partial charge in [0.1, 0.15) is 17.0 Å². The molecule has 0 fully saturated rings. The van der Waals surface area contributed by atoms with Gasteiger partial charge in [0.15, 0.2) is 0 Å². The quantitative estimate of drug-likeness (QED) is 0.302. The number of rotatable bonds is 11. The van der Waals surface area contributed by atoms with Gasteiger partial charge in [-0.2, -0.15) is 11.8 Å². The standard InChI is InChI=1S/C32H40N4O2S/c1-5-34(6-2)23-13-15-27-29(21-23)38-30-22-24(35(7-3)8-4)14-16-28(30)32(27)26-12-10-9-11-25(26)31(37)36(32)18-20-39-19-17-33/h9-16,21-22H,5-8,17-20,33H2,1-4H3. The number of anilines is 2. The van der Waals surface area contributed by atoms with Gasteiger partial charge in [-0.25, -0.2) is 0 Å². The van der Waals surface area contributed by atoms with E-state index in [1.165, 1.54) is 0 Å². The summed E-state index contributed by atoms with van der Waals surface area (Å²) >= 11 is 1.79. The molecule has 2 heterocycles. The predicted molar refractivity (Wildman–Crippen MR) is 164 cm³/mol. The van der Waals surface area contributed by atoms with Gasteiger partial charge in [0.05, 0.1) is 0 Å². The lowest BCUT2D eigenvalue weighted by Gasteiger charge is -2.45. The third-order valence-corrected chi connectivity index (χ3v) is 9.10. The van der Waals surface area contributed by atoms with Gasteiger partial charge in [-0.15, -0.1) is 0 Å². The normalized spacial score (nSPS) is 14.6. The van der Waals surface area contributed by atoms with E-state index in [0.717, 1.165) is 82.8 Å². The SMILES string of the molecule is CCN(CC)c1ccc2c(c1)Oc1cc(N(CC)CC)ccc1C21c2ccccc2C(=O)N1CCSCCN. The van der Waals surface area contributed by atoms with Crippen molar-refractivity contribution in [2.75, 3.05) is 60.6 Å². The van der Waals surface area contributed by atoms with Crippen LogP contribution in [0.1, 0.15) is 54.7 Å². The molecule has 0 aromatic heterocycles. The summed E-state index contributed by atoms with van der Waals surface area (Å²) in [6.07, 6.45) is 0. The van der Waals surface area contributed by atoms with Crippen LogP contribution in [0.4, 0.5) is 11.4 Å². The molecule has 206 valence electrons. The Hall–Kier alpha value is -3.16. The first-order valence-electron chi connectivity index (χ1n) is 14.2. The van der Waals surface area contributed by atoms with E-state index in [9.17, 15) is 4.79 Å². The molecule has 0 radical (unpaired) electrons. The maximum absolute atomic E-state index is 14.1. The van der Waals surface area contributed by atoms with Crippen LogP contribution in [0.5, 0.6) is 11.5 Å². The Balaban J connectivity index is 1.77. The molecule has 3 aromatic carbocycles. The van der Waals surface area contributed by atoms with Gasteiger partial charge in [-0.05, 0) is 51.5 Å². The lowest BCUT2D eigenvalue weighted by atomic mass is 9.74. The van der Waals surface area contributed by atoms with Gasteiger partial charge in [-0.1, -0.05) is 30.3 Å². The highest BCUT2D eigenvalue weighted by molar-refractivity contribution is 7.99. The number of amides is 1. The minimum absolute atomic E-state index is 0.0680. The molecule has 0 atom stereocenters. The fourth-order valence-corrected chi connectivity index (χ4v) is 6.93. The lowest BCUT2D eigenvalue weighted by molar-refractivity contribution is 0.0682. The molecule has 1 amide bonds. The zero-order chi connectivity index (χ0) is 27.6. The molecule has 7 heteroatoms. The van der Waals surface area contributed by atoms with Crippen molar-refractivity contribution < 1.29 is 9.53 Å². The van der Waals surface area contributed by atoms with Crippen LogP contribution >= 0.6 is 11.8 Å². The first-order valence-corrected chi connectivity index (χ1v) is 15.4. The number of nitrogens with zero attached hydrogens (tertiary/aromatic N) is 3. The summed E-state index contributed by atoms with van der Waals surface area (Å²) in [6.45, 7) is 13.6. The van der Waals surface area contributed by atoms with E-state index >= 15 is 0 Å². The first-order chi connectivity index (χ1) is 19.0. The number of nitrogens with two attached hydrogens (primary N) is 1. The van der Waals surface area contributed by atoms with Crippen molar-refractivity contribution in [3.8, 4) is 11.5 Å². The Morgan fingerprint density at radius 1 is 0.795 bits per heavy atom. The molecule has 0 bridgehead atoms. The second-order valence-corrected chi connectivity index (χ2v) is 11.1. The zero-order valence-corrected chi connectivity index (χ0v) is 24.4. The van der Waals surface area contributed by atoms with E-state index < -0.39 is 5.54 Å². The van der Waals surface area contributed by atoms with Crippen LogP contribution in [-0.4, -0.2) is 61.6 Å². The second kappa shape index (κ2) is 11.5. The number of hydrogen-bond donors (Lipinski definition) is 1. The minimum atomic E-state index is -0.760. The van der Waals surface area contributed by atoms with Crippen LogP contribution in [-0.2, 0) is 5.54 Å². The average Bonchev–Trinajstić information content (AvgIpc) is 3.20. The van der Waals surface area contributed by atoms with Crippen molar-refractivity contribution >= 4 is 29.0 Å². The van der Waals surface area contributed by atoms with Crippen LogP contribution in [0.25, 0.3) is 0 Å². The van der Waals surface area contributed by atoms with Crippen LogP contribution in [0.2, 0.25) is 0 Å². The van der Waals surface area contributed by atoms with Crippen molar-refractivity contribution in [3.63, 3.8) is 0 Å². The lowest BCUT2D eigenvalue weighted by Crippen LogP contribution is -2.48. The summed E-state index contributed by atoms with van der Waals surface area (Å²) in [5, 5.41) is 0. The van der Waals surface area contributed by atoms with Crippen LogP contribution < -0.4 is 20.3 Å². The Morgan fingerprint density at radius 3 is 1.90 bits per heavy atom. The molecule has 3 aromatic rings. The molecule has 0 aliphatic carbocycles. The maximum Gasteiger partial charge on any atom is 0.255 e. The molecule has 5 rings (SSSR count). The first kappa shape index (κ1) is 27.4. The average molecular weight is 545 g/mol. The highest BCUT2D eigenvalue weighted by Gasteiger charge is 2.56. The Morgan fingerprint density at radius 2 is 1.36 bits per heavy atom. The van der Waals surface area contributed by atoms with Gasteiger partial charge in [0.2, 0.25) is 0 Å². The van der Waals surface area contributed by atoms with E-state index in [1.807, 2.05) is 18.2 Å². The maximum atomic E-state index is 14.1. The molecule has 2 aliphatic rings. The number of carbonyl (C=O) groups excluding carboxylic acids is 1. The molecule has 1 spiro atoms. The van der Waals surface area contributed by atoms with Crippen LogP contribution in [0.15, 0.2) is 60.7 Å². The van der Waals surface area contributed by atoms with Crippen molar-refractivity contribution in [2.45, 2.75) is 33.2 Å². The largest absolute Gasteiger partial charge is 0.456 e. The van der Waals surface area contributed by atoms with E-state index in [0.29, 0.717) is 13.1 Å². The van der Waals surface area contributed by atoms with Gasteiger partial charge in [0.25, 0.3) is 5.91 Å². The third-order valence-electron chi connectivity index (χ3n) is 8.11. The van der Waals surface area contributed by atoms with E-state index in [4.69, 9.17) is 10.5 Å². The molecule has 39 heavy (non-hydrogen) atoms. The van der Waals surface area contributed by atoms with Gasteiger partial charge in [0, 0.05) is 91.0 Å². The number of carbonyl (C=O) groups is 1. The van der Waals surface area contributed by atoms with Crippen LogP contribution in [0, 0.1) is 0 Å². The van der Waals surface area contributed by atoms with Crippen molar-refractivity contribution in [1.82, 2.24) is 4.90 Å². The molecule has 2 N–H and O–H groups in total. The summed E-state index contributed by atoms with van der Waals surface area (Å²) < 4.78 is 6.75. The minimum Gasteiger partial charge on any atom is -0.456 e. The number of benzene rings is 3. The Kier molecular flexibility index (Phi) is 8.10. The monoisotopic (exact) mass is 544 g/mol. The highest BCUT2D eigenvalue weighted by atomic mass is 32.2. The van der Waals surface area contributed by atoms with E-state index in [-0.39, 0.29) is 5.91 Å². The van der Waals surface area contributed by atoms with Gasteiger partial charge in [-0.3, -0.25) is 4.79 Å². The Labute approximate surface area is 237 Å². The summed E-state index contributed by atoms with van der Waals surface area (Å²) in [5.41, 5.74) is 11.1. The van der Waals surface area contributed by atoms with Crippen molar-refractivity contribution in [1.29, 1.82) is 0 Å². The summed E-state index contributed by atoms with van der Waals surface area (Å²) in [6, 6.07) is 21.1. The van der Waals surface area contributed by atoms with Gasteiger partial charge < -0.3 is 25.2 Å². The van der Waals surface area contributed by atoms with E-state index in [2.05, 4.69) is 84.9 Å². The molecule has 0 saturated heterocycles. The smallest absolute Gasteiger partial charge is 0.255 e. The van der Waals surface area contributed by atoms with E-state index in [1.54, 1.807) is 11.8 Å². The van der Waals surface area contributed by atoms with Crippen LogP contribution in [0.3, 0.4) is 0 Å². The molecular formula is C32H40N4O2S. The number of hydrogen-bond acceptors (Lipinski definition) is 6. The number of thioether (sulfide) groups is 1. The summed E-state index contributed by atoms with van der Waals surface area (Å²) in [5.74, 6) is 3.39. The molecular weight excluding hydrogens is 504 g/mol. The Bertz CT molecular complexity index is 1270. The van der Waals surface area contributed by atoms with Gasteiger partial charge >= 0.3 is 0 Å². The highest BCUT2D eigenvalue weighted by Crippen LogP contribution is 2.58. The number of fused-ring (bicyclic) bond motifs is 6. The fourth-order valence-electron chi connectivity index (χ4n) is 6.24. The molecule has 0 unspecified atom stereocenters. The topological polar surface area (TPSA) is 62.0 Å².